The lowest BCUT2D eigenvalue weighted by Gasteiger charge is -2.17. The Morgan fingerprint density at radius 3 is 2.50 bits per heavy atom. The van der Waals surface area contributed by atoms with Crippen LogP contribution in [-0.4, -0.2) is 43.7 Å². The first kappa shape index (κ1) is 19.7. The van der Waals surface area contributed by atoms with Crippen molar-refractivity contribution in [2.45, 2.75) is 25.9 Å². The van der Waals surface area contributed by atoms with Gasteiger partial charge in [-0.2, -0.15) is 13.2 Å². The first-order valence-electron chi connectivity index (χ1n) is 8.09. The topological polar surface area (TPSA) is 75.7 Å². The molecule has 1 atom stereocenters. The molecular formula is C17H19F3N2O4. The minimum Gasteiger partial charge on any atom is -0.455 e. The van der Waals surface area contributed by atoms with Crippen LogP contribution >= 0.6 is 0 Å². The fourth-order valence-corrected chi connectivity index (χ4v) is 2.53. The SMILES string of the molecule is CCc1ccc(N2CC(C(=O)OCC(=O)NCC(F)(F)F)CC2=O)cc1. The van der Waals surface area contributed by atoms with E-state index in [0.717, 1.165) is 12.0 Å². The molecule has 0 aliphatic carbocycles. The number of hydrogen-bond donors (Lipinski definition) is 1. The molecule has 0 radical (unpaired) electrons. The van der Waals surface area contributed by atoms with Crippen molar-refractivity contribution in [1.29, 1.82) is 0 Å². The molecular weight excluding hydrogens is 353 g/mol. The maximum Gasteiger partial charge on any atom is 0.405 e. The Morgan fingerprint density at radius 2 is 1.92 bits per heavy atom. The van der Waals surface area contributed by atoms with Gasteiger partial charge in [0.15, 0.2) is 6.61 Å². The summed E-state index contributed by atoms with van der Waals surface area (Å²) in [6.45, 7) is -0.197. The van der Waals surface area contributed by atoms with E-state index in [1.54, 1.807) is 17.4 Å². The van der Waals surface area contributed by atoms with Gasteiger partial charge in [-0.25, -0.2) is 0 Å². The van der Waals surface area contributed by atoms with Gasteiger partial charge in [0.25, 0.3) is 5.91 Å². The Bertz CT molecular complexity index is 674. The van der Waals surface area contributed by atoms with E-state index in [-0.39, 0.29) is 18.9 Å². The summed E-state index contributed by atoms with van der Waals surface area (Å²) in [5, 5.41) is 1.60. The Kier molecular flexibility index (Phi) is 6.23. The Morgan fingerprint density at radius 1 is 1.27 bits per heavy atom. The van der Waals surface area contributed by atoms with Crippen molar-refractivity contribution in [2.24, 2.45) is 5.92 Å². The highest BCUT2D eigenvalue weighted by atomic mass is 19.4. The molecule has 0 spiro atoms. The average Bonchev–Trinajstić information content (AvgIpc) is 2.99. The first-order chi connectivity index (χ1) is 12.2. The van der Waals surface area contributed by atoms with Crippen molar-refractivity contribution in [3.63, 3.8) is 0 Å². The van der Waals surface area contributed by atoms with Crippen molar-refractivity contribution < 1.29 is 32.3 Å². The number of rotatable bonds is 6. The van der Waals surface area contributed by atoms with Crippen LogP contribution in [-0.2, 0) is 25.5 Å². The summed E-state index contributed by atoms with van der Waals surface area (Å²) in [6.07, 6.45) is -3.75. The molecule has 0 aromatic heterocycles. The van der Waals surface area contributed by atoms with Crippen LogP contribution in [0.4, 0.5) is 18.9 Å². The molecule has 0 bridgehead atoms. The number of aryl methyl sites for hydroxylation is 1. The Balaban J connectivity index is 1.85. The van der Waals surface area contributed by atoms with E-state index in [4.69, 9.17) is 4.74 Å². The lowest BCUT2D eigenvalue weighted by atomic mass is 10.1. The molecule has 2 rings (SSSR count). The lowest BCUT2D eigenvalue weighted by Crippen LogP contribution is -2.37. The number of halogens is 3. The number of alkyl halides is 3. The molecule has 142 valence electrons. The van der Waals surface area contributed by atoms with Crippen LogP contribution in [0.3, 0.4) is 0 Å². The molecule has 26 heavy (non-hydrogen) atoms. The molecule has 1 aromatic carbocycles. The molecule has 1 aromatic rings. The zero-order chi connectivity index (χ0) is 19.3. The van der Waals surface area contributed by atoms with Gasteiger partial charge in [-0.15, -0.1) is 0 Å². The lowest BCUT2D eigenvalue weighted by molar-refractivity contribution is -0.154. The van der Waals surface area contributed by atoms with Crippen LogP contribution in [0.5, 0.6) is 0 Å². The molecule has 2 amide bonds. The van der Waals surface area contributed by atoms with Crippen molar-refractivity contribution in [3.8, 4) is 0 Å². The number of hydrogen-bond acceptors (Lipinski definition) is 4. The zero-order valence-corrected chi connectivity index (χ0v) is 14.1. The fourth-order valence-electron chi connectivity index (χ4n) is 2.53. The molecule has 1 aliphatic rings. The highest BCUT2D eigenvalue weighted by Crippen LogP contribution is 2.26. The van der Waals surface area contributed by atoms with Crippen molar-refractivity contribution in [1.82, 2.24) is 5.32 Å². The largest absolute Gasteiger partial charge is 0.455 e. The summed E-state index contributed by atoms with van der Waals surface area (Å²) in [7, 11) is 0. The second-order valence-electron chi connectivity index (χ2n) is 5.93. The van der Waals surface area contributed by atoms with Gasteiger partial charge >= 0.3 is 12.1 Å². The third kappa shape index (κ3) is 5.47. The molecule has 1 saturated heterocycles. The van der Waals surface area contributed by atoms with Crippen LogP contribution < -0.4 is 10.2 Å². The van der Waals surface area contributed by atoms with Gasteiger partial charge in [0.1, 0.15) is 6.54 Å². The molecule has 1 heterocycles. The number of ether oxygens (including phenoxy) is 1. The van der Waals surface area contributed by atoms with Crippen LogP contribution in [0.2, 0.25) is 0 Å². The van der Waals surface area contributed by atoms with Crippen LogP contribution in [0, 0.1) is 5.92 Å². The first-order valence-corrected chi connectivity index (χ1v) is 8.09. The predicted molar refractivity (Wildman–Crippen MR) is 86.3 cm³/mol. The summed E-state index contributed by atoms with van der Waals surface area (Å²) >= 11 is 0. The van der Waals surface area contributed by atoms with Crippen LogP contribution in [0.25, 0.3) is 0 Å². The Labute approximate surface area is 148 Å². The van der Waals surface area contributed by atoms with E-state index in [1.165, 1.54) is 4.90 Å². The van der Waals surface area contributed by atoms with Gasteiger partial charge in [0.05, 0.1) is 5.92 Å². The standard InChI is InChI=1S/C17H19F3N2O4/c1-2-11-3-5-13(6-4-11)22-8-12(7-15(22)24)16(25)26-9-14(23)21-10-17(18,19)20/h3-6,12H,2,7-10H2,1H3,(H,21,23). The number of esters is 1. The minimum absolute atomic E-state index is 0.0709. The maximum absolute atomic E-state index is 12.1. The normalized spacial score (nSPS) is 17.3. The quantitative estimate of drug-likeness (QED) is 0.773. The number of carbonyl (C=O) groups excluding carboxylic acids is 3. The highest BCUT2D eigenvalue weighted by molar-refractivity contribution is 5.99. The van der Waals surface area contributed by atoms with Crippen molar-refractivity contribution in [2.75, 3.05) is 24.6 Å². The van der Waals surface area contributed by atoms with Gasteiger partial charge in [0.2, 0.25) is 5.91 Å². The number of carbonyl (C=O) groups is 3. The number of benzene rings is 1. The summed E-state index contributed by atoms with van der Waals surface area (Å²) in [5.41, 5.74) is 1.77. The van der Waals surface area contributed by atoms with E-state index in [2.05, 4.69) is 0 Å². The van der Waals surface area contributed by atoms with E-state index in [1.807, 2.05) is 19.1 Å². The van der Waals surface area contributed by atoms with Crippen molar-refractivity contribution in [3.05, 3.63) is 29.8 Å². The van der Waals surface area contributed by atoms with Gasteiger partial charge in [-0.05, 0) is 24.1 Å². The predicted octanol–water partition coefficient (Wildman–Crippen LogP) is 1.82. The second kappa shape index (κ2) is 8.20. The Hall–Kier alpha value is -2.58. The van der Waals surface area contributed by atoms with Gasteiger partial charge < -0.3 is 15.0 Å². The summed E-state index contributed by atoms with van der Waals surface area (Å²) in [4.78, 5) is 36.8. The summed E-state index contributed by atoms with van der Waals surface area (Å²) in [5.74, 6) is -2.85. The average molecular weight is 372 g/mol. The number of nitrogens with one attached hydrogen (secondary N) is 1. The van der Waals surface area contributed by atoms with Crippen LogP contribution in [0.1, 0.15) is 18.9 Å². The molecule has 1 aliphatic heterocycles. The van der Waals surface area contributed by atoms with Gasteiger partial charge in [0, 0.05) is 18.7 Å². The number of amides is 2. The van der Waals surface area contributed by atoms with Crippen LogP contribution in [0.15, 0.2) is 24.3 Å². The smallest absolute Gasteiger partial charge is 0.405 e. The number of nitrogens with zero attached hydrogens (tertiary/aromatic N) is 1. The van der Waals surface area contributed by atoms with Gasteiger partial charge in [-0.1, -0.05) is 19.1 Å². The van der Waals surface area contributed by atoms with E-state index >= 15 is 0 Å². The molecule has 1 fully saturated rings. The van der Waals surface area contributed by atoms with E-state index in [9.17, 15) is 27.6 Å². The maximum atomic E-state index is 12.1. The monoisotopic (exact) mass is 372 g/mol. The second-order valence-corrected chi connectivity index (χ2v) is 5.93. The third-order valence-corrected chi connectivity index (χ3v) is 3.95. The van der Waals surface area contributed by atoms with Gasteiger partial charge in [-0.3, -0.25) is 14.4 Å². The zero-order valence-electron chi connectivity index (χ0n) is 14.1. The molecule has 9 heteroatoms. The highest BCUT2D eigenvalue weighted by Gasteiger charge is 2.36. The molecule has 6 nitrogen and oxygen atoms in total. The minimum atomic E-state index is -4.54. The summed E-state index contributed by atoms with van der Waals surface area (Å²) in [6, 6.07) is 7.35. The third-order valence-electron chi connectivity index (χ3n) is 3.95. The fraction of sp³-hybridized carbons (Fsp3) is 0.471. The van der Waals surface area contributed by atoms with E-state index in [0.29, 0.717) is 5.69 Å². The molecule has 1 N–H and O–H groups in total. The summed E-state index contributed by atoms with van der Waals surface area (Å²) < 4.78 is 40.7. The number of anilines is 1. The van der Waals surface area contributed by atoms with Crippen molar-refractivity contribution >= 4 is 23.5 Å². The molecule has 0 saturated carbocycles. The molecule has 1 unspecified atom stereocenters. The van der Waals surface area contributed by atoms with E-state index < -0.39 is 37.1 Å².